The number of hydrogen-bond donors (Lipinski definition) is 0. The Morgan fingerprint density at radius 1 is 1.38 bits per heavy atom. The van der Waals surface area contributed by atoms with Crippen molar-refractivity contribution in [2.75, 3.05) is 19.7 Å². The first-order valence-electron chi connectivity index (χ1n) is 8.30. The number of rotatable bonds is 5. The summed E-state index contributed by atoms with van der Waals surface area (Å²) in [5, 5.41) is 0. The van der Waals surface area contributed by atoms with Gasteiger partial charge in [-0.1, -0.05) is 13.3 Å². The minimum Gasteiger partial charge on any atom is -0.476 e. The second kappa shape index (κ2) is 5.96. The van der Waals surface area contributed by atoms with Crippen LogP contribution in [0.15, 0.2) is 0 Å². The normalized spacial score (nSPS) is 34.5. The van der Waals surface area contributed by atoms with E-state index in [1.807, 2.05) is 4.90 Å². The summed E-state index contributed by atoms with van der Waals surface area (Å²) in [4.78, 5) is 25.7. The fourth-order valence-electron chi connectivity index (χ4n) is 3.77. The van der Waals surface area contributed by atoms with Crippen molar-refractivity contribution in [1.82, 2.24) is 13.6 Å². The molecule has 3 aliphatic heterocycles. The van der Waals surface area contributed by atoms with Gasteiger partial charge < -0.3 is 14.2 Å². The summed E-state index contributed by atoms with van der Waals surface area (Å²) >= 11 is 1.01. The molecule has 3 saturated heterocycles. The van der Waals surface area contributed by atoms with Crippen LogP contribution in [-0.4, -0.2) is 51.4 Å². The first-order chi connectivity index (χ1) is 11.6. The van der Waals surface area contributed by atoms with Crippen molar-refractivity contribution >= 4 is 23.7 Å². The van der Waals surface area contributed by atoms with Crippen LogP contribution in [0.2, 0.25) is 0 Å². The Morgan fingerprint density at radius 2 is 2.25 bits per heavy atom. The number of hydrogen-bond acceptors (Lipinski definition) is 9. The summed E-state index contributed by atoms with van der Waals surface area (Å²) in [7, 11) is 0. The highest BCUT2D eigenvalue weighted by molar-refractivity contribution is 6.99. The first kappa shape index (κ1) is 15.8. The molecular formula is C15H19N3O5S. The fourth-order valence-corrected chi connectivity index (χ4v) is 4.31. The van der Waals surface area contributed by atoms with Crippen molar-refractivity contribution in [3.63, 3.8) is 0 Å². The molecule has 0 aromatic carbocycles. The smallest absolute Gasteiger partial charge is 0.419 e. The molecule has 0 aliphatic carbocycles. The Balaban J connectivity index is 1.73. The van der Waals surface area contributed by atoms with Crippen LogP contribution in [0.3, 0.4) is 0 Å². The highest BCUT2D eigenvalue weighted by Crippen LogP contribution is 2.50. The van der Waals surface area contributed by atoms with Crippen molar-refractivity contribution in [3.8, 4) is 5.88 Å². The molecule has 3 fully saturated rings. The standard InChI is InChI=1S/C15H19N3O5S/c1-2-3-6-21-12-11(16-24-17-12)15-10(22-13(19)14(20)23-15)7-9-4-5-18(15)8-9/h9-10H,2-8H2,1H3. The number of carbonyl (C=O) groups is 2. The Labute approximate surface area is 143 Å². The number of aromatic nitrogens is 2. The van der Waals surface area contributed by atoms with Crippen LogP contribution in [0.1, 0.15) is 38.3 Å². The predicted octanol–water partition coefficient (Wildman–Crippen LogP) is 1.06. The zero-order valence-corrected chi connectivity index (χ0v) is 14.2. The van der Waals surface area contributed by atoms with E-state index < -0.39 is 23.8 Å². The monoisotopic (exact) mass is 353 g/mol. The molecule has 0 radical (unpaired) electrons. The van der Waals surface area contributed by atoms with Gasteiger partial charge in [0.1, 0.15) is 0 Å². The topological polar surface area (TPSA) is 90.9 Å². The third-order valence-electron chi connectivity index (χ3n) is 4.94. The SMILES string of the molecule is CCCCOc1nsnc1C12OC(=O)C(=O)OC1CC1CCN2C1. The Hall–Kier alpha value is -1.74. The molecule has 0 N–H and O–H groups in total. The average Bonchev–Trinajstić information content (AvgIpc) is 3.19. The second-order valence-corrected chi connectivity index (χ2v) is 6.96. The largest absolute Gasteiger partial charge is 0.476 e. The molecule has 130 valence electrons. The molecule has 4 unspecified atom stereocenters. The summed E-state index contributed by atoms with van der Waals surface area (Å²) in [6.45, 7) is 4.14. The zero-order valence-electron chi connectivity index (χ0n) is 13.4. The Bertz CT molecular complexity index is 665. The van der Waals surface area contributed by atoms with Crippen molar-refractivity contribution in [1.29, 1.82) is 0 Å². The van der Waals surface area contributed by atoms with Gasteiger partial charge in [-0.3, -0.25) is 4.90 Å². The van der Waals surface area contributed by atoms with Crippen molar-refractivity contribution in [3.05, 3.63) is 5.69 Å². The van der Waals surface area contributed by atoms with Crippen LogP contribution in [0.5, 0.6) is 5.88 Å². The molecule has 2 bridgehead atoms. The minimum absolute atomic E-state index is 0.370. The van der Waals surface area contributed by atoms with Crippen molar-refractivity contribution in [2.24, 2.45) is 5.92 Å². The number of fused-ring (bicyclic) bond motifs is 4. The van der Waals surface area contributed by atoms with Crippen LogP contribution in [0, 0.1) is 5.92 Å². The lowest BCUT2D eigenvalue weighted by molar-refractivity contribution is -0.262. The van der Waals surface area contributed by atoms with E-state index >= 15 is 0 Å². The van der Waals surface area contributed by atoms with Crippen LogP contribution in [-0.2, 0) is 24.8 Å². The Kier molecular flexibility index (Phi) is 3.92. The van der Waals surface area contributed by atoms with E-state index in [0.29, 0.717) is 30.5 Å². The van der Waals surface area contributed by atoms with Gasteiger partial charge in [-0.05, 0) is 25.2 Å². The van der Waals surface area contributed by atoms with Gasteiger partial charge in [0.05, 0.1) is 18.3 Å². The van der Waals surface area contributed by atoms with Gasteiger partial charge in [0.25, 0.3) is 11.6 Å². The van der Waals surface area contributed by atoms with Crippen LogP contribution >= 0.6 is 11.7 Å². The molecule has 0 amide bonds. The van der Waals surface area contributed by atoms with E-state index in [-0.39, 0.29) is 0 Å². The average molecular weight is 353 g/mol. The molecule has 24 heavy (non-hydrogen) atoms. The molecule has 9 heteroatoms. The summed E-state index contributed by atoms with van der Waals surface area (Å²) < 4.78 is 25.4. The lowest BCUT2D eigenvalue weighted by Gasteiger charge is -2.48. The van der Waals surface area contributed by atoms with E-state index in [9.17, 15) is 9.59 Å². The number of unbranched alkanes of at least 4 members (excludes halogenated alkanes) is 1. The first-order valence-corrected chi connectivity index (χ1v) is 9.03. The van der Waals surface area contributed by atoms with Gasteiger partial charge in [0, 0.05) is 13.1 Å². The number of carbonyl (C=O) groups excluding carboxylic acids is 2. The lowest BCUT2D eigenvalue weighted by Crippen LogP contribution is -2.64. The van der Waals surface area contributed by atoms with Gasteiger partial charge in [-0.2, -0.15) is 4.37 Å². The highest BCUT2D eigenvalue weighted by atomic mass is 32.1. The summed E-state index contributed by atoms with van der Waals surface area (Å²) in [5.41, 5.74) is -0.748. The molecule has 1 aromatic heterocycles. The van der Waals surface area contributed by atoms with E-state index in [0.717, 1.165) is 44.1 Å². The summed E-state index contributed by atoms with van der Waals surface area (Å²) in [5.74, 6) is -1.11. The summed E-state index contributed by atoms with van der Waals surface area (Å²) in [6, 6.07) is 0. The lowest BCUT2D eigenvalue weighted by atomic mass is 9.87. The van der Waals surface area contributed by atoms with E-state index in [2.05, 4.69) is 15.7 Å². The molecular weight excluding hydrogens is 334 g/mol. The van der Waals surface area contributed by atoms with Crippen LogP contribution < -0.4 is 4.74 Å². The molecule has 4 rings (SSSR count). The van der Waals surface area contributed by atoms with Gasteiger partial charge in [0.2, 0.25) is 0 Å². The molecule has 8 nitrogen and oxygen atoms in total. The van der Waals surface area contributed by atoms with Gasteiger partial charge in [-0.25, -0.2) is 9.59 Å². The molecule has 0 spiro atoms. The van der Waals surface area contributed by atoms with Gasteiger partial charge in [-0.15, -0.1) is 4.37 Å². The van der Waals surface area contributed by atoms with Crippen molar-refractivity contribution < 1.29 is 23.8 Å². The third kappa shape index (κ3) is 2.29. The quantitative estimate of drug-likeness (QED) is 0.441. The molecule has 3 aliphatic rings. The third-order valence-corrected chi connectivity index (χ3v) is 5.45. The molecule has 1 aromatic rings. The maximum atomic E-state index is 12.0. The fraction of sp³-hybridized carbons (Fsp3) is 0.733. The molecule has 4 heterocycles. The predicted molar refractivity (Wildman–Crippen MR) is 82.3 cm³/mol. The minimum atomic E-state index is -1.20. The maximum absolute atomic E-state index is 12.0. The van der Waals surface area contributed by atoms with E-state index in [1.165, 1.54) is 0 Å². The molecule has 0 saturated carbocycles. The van der Waals surface area contributed by atoms with Crippen LogP contribution in [0.25, 0.3) is 0 Å². The Morgan fingerprint density at radius 3 is 3.08 bits per heavy atom. The number of nitrogens with zero attached hydrogens (tertiary/aromatic N) is 3. The van der Waals surface area contributed by atoms with Crippen molar-refractivity contribution in [2.45, 2.75) is 44.4 Å². The summed E-state index contributed by atoms with van der Waals surface area (Å²) in [6.07, 6.45) is 2.97. The zero-order chi connectivity index (χ0) is 16.7. The number of esters is 2. The maximum Gasteiger partial charge on any atom is 0.419 e. The highest BCUT2D eigenvalue weighted by Gasteiger charge is 2.63. The molecule has 4 atom stereocenters. The van der Waals surface area contributed by atoms with Gasteiger partial charge in [0.15, 0.2) is 11.8 Å². The number of ether oxygens (including phenoxy) is 3. The number of piperidine rings is 1. The van der Waals surface area contributed by atoms with Crippen LogP contribution in [0.4, 0.5) is 0 Å². The van der Waals surface area contributed by atoms with Gasteiger partial charge >= 0.3 is 11.9 Å². The second-order valence-electron chi connectivity index (χ2n) is 6.44. The van der Waals surface area contributed by atoms with E-state index in [4.69, 9.17) is 14.2 Å². The van der Waals surface area contributed by atoms with E-state index in [1.54, 1.807) is 0 Å².